The lowest BCUT2D eigenvalue weighted by molar-refractivity contribution is -0.282. The molecule has 1 aliphatic heterocycles. The van der Waals surface area contributed by atoms with Gasteiger partial charge in [0.25, 0.3) is 0 Å². The molecule has 1 saturated heterocycles. The van der Waals surface area contributed by atoms with Crippen molar-refractivity contribution in [2.45, 2.75) is 38.9 Å². The first-order valence-electron chi connectivity index (χ1n) is 8.43. The second kappa shape index (κ2) is 3.52. The highest BCUT2D eigenvalue weighted by Gasteiger charge is 2.70. The fourth-order valence-electron chi connectivity index (χ4n) is 7.30. The van der Waals surface area contributed by atoms with Gasteiger partial charge in [-0.1, -0.05) is 19.1 Å². The molecule has 4 fully saturated rings. The average molecular weight is 274 g/mol. The quantitative estimate of drug-likeness (QED) is 0.538. The van der Waals surface area contributed by atoms with E-state index in [0.29, 0.717) is 5.41 Å². The molecule has 20 heavy (non-hydrogen) atoms. The van der Waals surface area contributed by atoms with E-state index in [2.05, 4.69) is 26.0 Å². The summed E-state index contributed by atoms with van der Waals surface area (Å²) in [4.78, 5) is 0. The van der Waals surface area contributed by atoms with Crippen molar-refractivity contribution in [3.05, 3.63) is 12.2 Å². The number of hydrogen-bond acceptors (Lipinski definition) is 2. The molecule has 2 heteroatoms. The monoisotopic (exact) mass is 274 g/mol. The van der Waals surface area contributed by atoms with Crippen molar-refractivity contribution in [3.63, 3.8) is 0 Å². The van der Waals surface area contributed by atoms with E-state index in [1.54, 1.807) is 7.11 Å². The van der Waals surface area contributed by atoms with Gasteiger partial charge in [0, 0.05) is 13.5 Å². The molecule has 1 heterocycles. The van der Waals surface area contributed by atoms with Crippen LogP contribution in [-0.4, -0.2) is 19.5 Å². The summed E-state index contributed by atoms with van der Waals surface area (Å²) in [7, 11) is 1.81. The molecule has 9 atom stereocenters. The summed E-state index contributed by atoms with van der Waals surface area (Å²) in [6, 6.07) is 0. The Morgan fingerprint density at radius 2 is 1.80 bits per heavy atom. The van der Waals surface area contributed by atoms with Crippen LogP contribution in [0.3, 0.4) is 0 Å². The van der Waals surface area contributed by atoms with E-state index in [0.717, 1.165) is 54.5 Å². The lowest BCUT2D eigenvalue weighted by Gasteiger charge is -2.55. The summed E-state index contributed by atoms with van der Waals surface area (Å²) in [5, 5.41) is 0. The van der Waals surface area contributed by atoms with Gasteiger partial charge in [0.05, 0.1) is 6.61 Å². The van der Waals surface area contributed by atoms with E-state index in [4.69, 9.17) is 9.47 Å². The zero-order valence-electron chi connectivity index (χ0n) is 12.8. The highest BCUT2D eigenvalue weighted by atomic mass is 16.7. The highest BCUT2D eigenvalue weighted by Crippen LogP contribution is 2.74. The highest BCUT2D eigenvalue weighted by molar-refractivity contribution is 5.24. The first-order chi connectivity index (χ1) is 9.56. The van der Waals surface area contributed by atoms with Crippen LogP contribution in [0.2, 0.25) is 0 Å². The van der Waals surface area contributed by atoms with E-state index in [-0.39, 0.29) is 5.79 Å². The van der Waals surface area contributed by atoms with Gasteiger partial charge < -0.3 is 9.47 Å². The molecule has 110 valence electrons. The largest absolute Gasteiger partial charge is 0.353 e. The molecule has 0 aromatic carbocycles. The Balaban J connectivity index is 1.54. The third-order valence-corrected chi connectivity index (χ3v) is 7.98. The number of allylic oxidation sites excluding steroid dienone is 2. The van der Waals surface area contributed by atoms with Crippen molar-refractivity contribution in [2.75, 3.05) is 13.7 Å². The lowest BCUT2D eigenvalue weighted by atomic mass is 9.55. The van der Waals surface area contributed by atoms with Gasteiger partial charge in [-0.25, -0.2) is 0 Å². The Hall–Kier alpha value is -0.340. The van der Waals surface area contributed by atoms with Crippen LogP contribution in [0.4, 0.5) is 0 Å². The van der Waals surface area contributed by atoms with Gasteiger partial charge in [-0.2, -0.15) is 0 Å². The van der Waals surface area contributed by atoms with E-state index in [1.165, 1.54) is 12.8 Å². The maximum atomic E-state index is 6.13. The number of fused-ring (bicyclic) bond motifs is 12. The Morgan fingerprint density at radius 1 is 1.05 bits per heavy atom. The van der Waals surface area contributed by atoms with Crippen molar-refractivity contribution >= 4 is 0 Å². The molecule has 9 unspecified atom stereocenters. The molecule has 2 nitrogen and oxygen atoms in total. The van der Waals surface area contributed by atoms with Gasteiger partial charge in [-0.15, -0.1) is 0 Å². The molecule has 0 amide bonds. The molecule has 0 radical (unpaired) electrons. The normalized spacial score (nSPS) is 65.7. The maximum absolute atomic E-state index is 6.13. The molecule has 0 spiro atoms. The van der Waals surface area contributed by atoms with Crippen molar-refractivity contribution in [2.24, 2.45) is 46.8 Å². The molecule has 5 aliphatic rings. The molecule has 0 N–H and O–H groups in total. The van der Waals surface area contributed by atoms with Crippen LogP contribution in [0.5, 0.6) is 0 Å². The van der Waals surface area contributed by atoms with E-state index >= 15 is 0 Å². The van der Waals surface area contributed by atoms with Gasteiger partial charge in [-0.05, 0) is 66.6 Å². The third kappa shape index (κ3) is 1.21. The molecular formula is C18H26O2. The van der Waals surface area contributed by atoms with Gasteiger partial charge in [0.1, 0.15) is 0 Å². The Kier molecular flexibility index (Phi) is 2.15. The average Bonchev–Trinajstić information content (AvgIpc) is 3.14. The Bertz CT molecular complexity index is 486. The summed E-state index contributed by atoms with van der Waals surface area (Å²) in [5.74, 6) is 6.05. The minimum Gasteiger partial charge on any atom is -0.353 e. The molecular weight excluding hydrogens is 248 g/mol. The van der Waals surface area contributed by atoms with Gasteiger partial charge in [-0.3, -0.25) is 0 Å². The maximum Gasteiger partial charge on any atom is 0.165 e. The van der Waals surface area contributed by atoms with Crippen LogP contribution in [0.25, 0.3) is 0 Å². The molecule has 0 aromatic rings. The first-order valence-corrected chi connectivity index (χ1v) is 8.43. The predicted octanol–water partition coefficient (Wildman–Crippen LogP) is 3.48. The summed E-state index contributed by atoms with van der Waals surface area (Å²) in [5.41, 5.74) is 0.452. The smallest absolute Gasteiger partial charge is 0.165 e. The second-order valence-electron chi connectivity index (χ2n) is 8.55. The van der Waals surface area contributed by atoms with Crippen molar-refractivity contribution in [3.8, 4) is 0 Å². The number of rotatable bonds is 1. The SMILES string of the molecule is COC1(C)CC2(C)C(CO1)C1CC2C2C3C=CC(C3)C12. The molecule has 3 saturated carbocycles. The summed E-state index contributed by atoms with van der Waals surface area (Å²) in [6.45, 7) is 5.61. The van der Waals surface area contributed by atoms with Gasteiger partial charge >= 0.3 is 0 Å². The van der Waals surface area contributed by atoms with Gasteiger partial charge in [0.2, 0.25) is 0 Å². The van der Waals surface area contributed by atoms with E-state index in [9.17, 15) is 0 Å². The fourth-order valence-corrected chi connectivity index (χ4v) is 7.30. The zero-order chi connectivity index (χ0) is 13.7. The van der Waals surface area contributed by atoms with Crippen LogP contribution in [0.1, 0.15) is 33.1 Å². The van der Waals surface area contributed by atoms with Crippen molar-refractivity contribution in [1.82, 2.24) is 0 Å². The lowest BCUT2D eigenvalue weighted by Crippen LogP contribution is -2.54. The van der Waals surface area contributed by atoms with Crippen LogP contribution < -0.4 is 0 Å². The van der Waals surface area contributed by atoms with Crippen LogP contribution >= 0.6 is 0 Å². The number of methoxy groups -OCH3 is 1. The minimum absolute atomic E-state index is 0.349. The minimum atomic E-state index is -0.349. The Morgan fingerprint density at radius 3 is 2.55 bits per heavy atom. The van der Waals surface area contributed by atoms with Crippen molar-refractivity contribution in [1.29, 1.82) is 0 Å². The van der Waals surface area contributed by atoms with E-state index < -0.39 is 0 Å². The zero-order valence-corrected chi connectivity index (χ0v) is 12.8. The number of ether oxygens (including phenoxy) is 2. The molecule has 5 rings (SSSR count). The van der Waals surface area contributed by atoms with Crippen LogP contribution in [0, 0.1) is 46.8 Å². The summed E-state index contributed by atoms with van der Waals surface area (Å²) in [6.07, 6.45) is 9.08. The fraction of sp³-hybridized carbons (Fsp3) is 0.889. The standard InChI is InChI=1S/C18H26O2/c1-17-9-18(2,19-3)20-8-14(17)12-7-13(17)16-11-5-4-10(6-11)15(12)16/h4-5,10-16H,6-9H2,1-3H3. The van der Waals surface area contributed by atoms with E-state index in [1.807, 2.05) is 0 Å². The summed E-state index contributed by atoms with van der Waals surface area (Å²) < 4.78 is 11.8. The third-order valence-electron chi connectivity index (χ3n) is 7.98. The molecule has 4 aliphatic carbocycles. The predicted molar refractivity (Wildman–Crippen MR) is 76.9 cm³/mol. The summed E-state index contributed by atoms with van der Waals surface area (Å²) >= 11 is 0. The van der Waals surface area contributed by atoms with Gasteiger partial charge in [0.15, 0.2) is 5.79 Å². The first kappa shape index (κ1) is 12.2. The van der Waals surface area contributed by atoms with Crippen molar-refractivity contribution < 1.29 is 9.47 Å². The number of hydrogen-bond donors (Lipinski definition) is 0. The second-order valence-corrected chi connectivity index (χ2v) is 8.55. The molecule has 4 bridgehead atoms. The molecule has 0 aromatic heterocycles. The Labute approximate surface area is 121 Å². The van der Waals surface area contributed by atoms with Crippen LogP contribution in [-0.2, 0) is 9.47 Å². The van der Waals surface area contributed by atoms with Crippen LogP contribution in [0.15, 0.2) is 12.2 Å². The topological polar surface area (TPSA) is 18.5 Å².